The van der Waals surface area contributed by atoms with Crippen molar-refractivity contribution in [1.29, 1.82) is 15.8 Å². The van der Waals surface area contributed by atoms with Crippen LogP contribution in [0.25, 0.3) is 5.57 Å². The summed E-state index contributed by atoms with van der Waals surface area (Å²) >= 11 is 5.93. The van der Waals surface area contributed by atoms with E-state index in [2.05, 4.69) is 0 Å². The maximum Gasteiger partial charge on any atom is 0.274 e. The minimum absolute atomic E-state index is 0.00480. The molecule has 0 saturated heterocycles. The smallest absolute Gasteiger partial charge is 0.274 e. The van der Waals surface area contributed by atoms with Gasteiger partial charge in [-0.3, -0.25) is 10.1 Å². The predicted octanol–water partition coefficient (Wildman–Crippen LogP) is 4.51. The van der Waals surface area contributed by atoms with Crippen molar-refractivity contribution in [2.75, 3.05) is 0 Å². The number of rotatable bonds is 3. The van der Waals surface area contributed by atoms with Gasteiger partial charge in [-0.05, 0) is 30.2 Å². The molecule has 0 spiro atoms. The Hall–Kier alpha value is -4.12. The molecule has 0 saturated carbocycles. The van der Waals surface area contributed by atoms with Crippen molar-refractivity contribution in [3.05, 3.63) is 91.6 Å². The lowest BCUT2D eigenvalue weighted by Crippen LogP contribution is -2.35. The zero-order chi connectivity index (χ0) is 22.1. The topological polar surface area (TPSA) is 141 Å². The van der Waals surface area contributed by atoms with E-state index in [9.17, 15) is 25.9 Å². The third-order valence-corrected chi connectivity index (χ3v) is 5.35. The molecule has 0 radical (unpaired) electrons. The number of nitriles is 3. The van der Waals surface area contributed by atoms with Gasteiger partial charge in [0.15, 0.2) is 5.41 Å². The van der Waals surface area contributed by atoms with Crippen LogP contribution in [0.15, 0.2) is 59.8 Å². The second kappa shape index (κ2) is 7.72. The molecule has 2 N–H and O–H groups in total. The Morgan fingerprint density at radius 2 is 1.77 bits per heavy atom. The van der Waals surface area contributed by atoms with Crippen LogP contribution >= 0.6 is 11.6 Å². The average Bonchev–Trinajstić information content (AvgIpc) is 2.74. The van der Waals surface area contributed by atoms with Gasteiger partial charge in [0.25, 0.3) is 5.69 Å². The molecule has 30 heavy (non-hydrogen) atoms. The molecule has 0 aromatic heterocycles. The number of aryl methyl sites for hydroxylation is 1. The van der Waals surface area contributed by atoms with Crippen LogP contribution in [0.2, 0.25) is 5.02 Å². The third-order valence-electron chi connectivity index (χ3n) is 5.11. The van der Waals surface area contributed by atoms with Crippen LogP contribution in [0.1, 0.15) is 22.6 Å². The Bertz CT molecular complexity index is 1230. The number of halogens is 1. The molecule has 1 unspecified atom stereocenters. The summed E-state index contributed by atoms with van der Waals surface area (Å²) in [5, 5.41) is 41.4. The van der Waals surface area contributed by atoms with Gasteiger partial charge in [0.2, 0.25) is 0 Å². The molecule has 0 fully saturated rings. The molecule has 0 bridgehead atoms. The molecule has 0 heterocycles. The number of hydrogen-bond acceptors (Lipinski definition) is 6. The van der Waals surface area contributed by atoms with Gasteiger partial charge in [-0.2, -0.15) is 15.8 Å². The summed E-state index contributed by atoms with van der Waals surface area (Å²) in [4.78, 5) is 11.0. The second-order valence-corrected chi connectivity index (χ2v) is 7.25. The quantitative estimate of drug-likeness (QED) is 0.577. The number of allylic oxidation sites excluding steroid dienone is 4. The summed E-state index contributed by atoms with van der Waals surface area (Å²) in [6.45, 7) is 1.91. The maximum atomic E-state index is 11.7. The fourth-order valence-corrected chi connectivity index (χ4v) is 3.69. The first kappa shape index (κ1) is 20.6. The highest BCUT2D eigenvalue weighted by Crippen LogP contribution is 2.50. The predicted molar refractivity (Wildman–Crippen MR) is 110 cm³/mol. The molecule has 1 atom stereocenters. The first-order valence-electron chi connectivity index (χ1n) is 8.75. The van der Waals surface area contributed by atoms with Crippen LogP contribution in [0.4, 0.5) is 5.69 Å². The fourth-order valence-electron chi connectivity index (χ4n) is 3.52. The molecule has 0 amide bonds. The molecule has 2 aromatic carbocycles. The van der Waals surface area contributed by atoms with Gasteiger partial charge < -0.3 is 5.73 Å². The van der Waals surface area contributed by atoms with Gasteiger partial charge in [0.05, 0.1) is 28.3 Å². The third kappa shape index (κ3) is 3.16. The molecule has 7 nitrogen and oxygen atoms in total. The van der Waals surface area contributed by atoms with Gasteiger partial charge in [0.1, 0.15) is 6.07 Å². The highest BCUT2D eigenvalue weighted by Gasteiger charge is 2.49. The number of nitro groups is 1. The standard InChI is InChI=1S/C22H14ClN5O2/c1-13-2-4-14(5-3-13)17-9-19(16-7-6-15(23)8-20(16)28(29)30)22(11-25,12-26)21(27)18(17)10-24/h2-9,19H,27H2,1H3. The number of hydrogen-bond donors (Lipinski definition) is 1. The maximum absolute atomic E-state index is 11.7. The first-order valence-corrected chi connectivity index (χ1v) is 9.12. The summed E-state index contributed by atoms with van der Waals surface area (Å²) in [5.74, 6) is -1.08. The number of nitrogens with two attached hydrogens (primary N) is 1. The van der Waals surface area contributed by atoms with Gasteiger partial charge in [-0.1, -0.05) is 47.5 Å². The van der Waals surface area contributed by atoms with E-state index in [0.29, 0.717) is 11.1 Å². The molecular weight excluding hydrogens is 402 g/mol. The van der Waals surface area contributed by atoms with Crippen LogP contribution < -0.4 is 5.73 Å². The summed E-state index contributed by atoms with van der Waals surface area (Å²) in [5.41, 5.74) is 5.80. The molecular formula is C22H14ClN5O2. The summed E-state index contributed by atoms with van der Waals surface area (Å²) in [7, 11) is 0. The van der Waals surface area contributed by atoms with Crippen molar-refractivity contribution in [3.8, 4) is 18.2 Å². The Morgan fingerprint density at radius 3 is 2.30 bits per heavy atom. The van der Waals surface area contributed by atoms with Gasteiger partial charge in [-0.25, -0.2) is 0 Å². The second-order valence-electron chi connectivity index (χ2n) is 6.82. The monoisotopic (exact) mass is 415 g/mol. The van der Waals surface area contributed by atoms with E-state index in [1.54, 1.807) is 12.1 Å². The minimum Gasteiger partial charge on any atom is -0.399 e. The Kier molecular flexibility index (Phi) is 5.30. The van der Waals surface area contributed by atoms with Crippen LogP contribution in [0.3, 0.4) is 0 Å². The highest BCUT2D eigenvalue weighted by atomic mass is 35.5. The Balaban J connectivity index is 2.38. The van der Waals surface area contributed by atoms with Crippen molar-refractivity contribution in [2.45, 2.75) is 12.8 Å². The van der Waals surface area contributed by atoms with Crippen LogP contribution in [0, 0.1) is 56.4 Å². The SMILES string of the molecule is Cc1ccc(C2=CC(c3ccc(Cl)cc3[N+](=O)[O-])C(C#N)(C#N)C(N)=C2C#N)cc1. The van der Waals surface area contributed by atoms with E-state index in [0.717, 1.165) is 11.6 Å². The van der Waals surface area contributed by atoms with Crippen molar-refractivity contribution in [3.63, 3.8) is 0 Å². The van der Waals surface area contributed by atoms with Gasteiger partial charge >= 0.3 is 0 Å². The zero-order valence-electron chi connectivity index (χ0n) is 15.8. The molecule has 146 valence electrons. The van der Waals surface area contributed by atoms with E-state index >= 15 is 0 Å². The number of nitro benzene ring substituents is 1. The molecule has 8 heteroatoms. The molecule has 2 aromatic rings. The summed E-state index contributed by atoms with van der Waals surface area (Å²) in [6, 6.07) is 17.0. The van der Waals surface area contributed by atoms with E-state index < -0.39 is 16.3 Å². The van der Waals surface area contributed by atoms with Crippen molar-refractivity contribution < 1.29 is 4.92 Å². The average molecular weight is 416 g/mol. The lowest BCUT2D eigenvalue weighted by atomic mass is 9.65. The van der Waals surface area contributed by atoms with E-state index in [4.69, 9.17) is 17.3 Å². The van der Waals surface area contributed by atoms with Crippen LogP contribution in [0.5, 0.6) is 0 Å². The van der Waals surface area contributed by atoms with E-state index in [1.165, 1.54) is 18.2 Å². The number of benzene rings is 2. The van der Waals surface area contributed by atoms with Crippen LogP contribution in [-0.2, 0) is 0 Å². The highest BCUT2D eigenvalue weighted by molar-refractivity contribution is 6.30. The van der Waals surface area contributed by atoms with E-state index in [1.807, 2.05) is 37.3 Å². The zero-order valence-corrected chi connectivity index (χ0v) is 16.5. The molecule has 3 rings (SSSR count). The van der Waals surface area contributed by atoms with Crippen molar-refractivity contribution in [1.82, 2.24) is 0 Å². The Labute approximate surface area is 177 Å². The van der Waals surface area contributed by atoms with Crippen molar-refractivity contribution >= 4 is 22.9 Å². The van der Waals surface area contributed by atoms with Crippen molar-refractivity contribution in [2.24, 2.45) is 11.1 Å². The Morgan fingerprint density at radius 1 is 1.13 bits per heavy atom. The lowest BCUT2D eigenvalue weighted by Gasteiger charge is -2.33. The van der Waals surface area contributed by atoms with E-state index in [-0.39, 0.29) is 27.5 Å². The fraction of sp³-hybridized carbons (Fsp3) is 0.136. The molecule has 0 aliphatic heterocycles. The van der Waals surface area contributed by atoms with Crippen LogP contribution in [-0.4, -0.2) is 4.92 Å². The van der Waals surface area contributed by atoms with Gasteiger partial charge in [-0.15, -0.1) is 0 Å². The number of nitrogens with zero attached hydrogens (tertiary/aromatic N) is 4. The normalized spacial score (nSPS) is 17.3. The minimum atomic E-state index is -1.99. The summed E-state index contributed by atoms with van der Waals surface area (Å²) < 4.78 is 0. The first-order chi connectivity index (χ1) is 14.3. The van der Waals surface area contributed by atoms with Gasteiger partial charge in [0, 0.05) is 22.6 Å². The largest absolute Gasteiger partial charge is 0.399 e. The molecule has 1 aliphatic rings. The summed E-state index contributed by atoms with van der Waals surface area (Å²) in [6.07, 6.45) is 1.53. The molecule has 1 aliphatic carbocycles. The lowest BCUT2D eigenvalue weighted by molar-refractivity contribution is -0.385.